The third-order valence-corrected chi connectivity index (χ3v) is 6.28. The zero-order valence-electron chi connectivity index (χ0n) is 16.9. The third-order valence-electron chi connectivity index (χ3n) is 4.26. The lowest BCUT2D eigenvalue weighted by atomic mass is 10.2. The molecule has 3 aromatic rings. The van der Waals surface area contributed by atoms with Crippen LogP contribution in [-0.4, -0.2) is 40.6 Å². The first kappa shape index (κ1) is 21.2. The number of methoxy groups -OCH3 is 2. The van der Waals surface area contributed by atoms with E-state index >= 15 is 0 Å². The average molecular weight is 433 g/mol. The zero-order valence-corrected chi connectivity index (χ0v) is 18.5. The number of carbonyl (C=O) groups excluding carboxylic acids is 1. The van der Waals surface area contributed by atoms with Crippen LogP contribution in [0.15, 0.2) is 34.8 Å². The smallest absolute Gasteiger partial charge is 0.234 e. The first-order valence-electron chi connectivity index (χ1n) is 9.17. The van der Waals surface area contributed by atoms with Crippen molar-refractivity contribution in [3.63, 3.8) is 0 Å². The number of aryl methyl sites for hydroxylation is 1. The molecule has 1 N–H and O–H groups in total. The Bertz CT molecular complexity index is 984. The van der Waals surface area contributed by atoms with Gasteiger partial charge >= 0.3 is 0 Å². The summed E-state index contributed by atoms with van der Waals surface area (Å²) >= 11 is 3.08. The molecule has 29 heavy (non-hydrogen) atoms. The van der Waals surface area contributed by atoms with Crippen LogP contribution in [0.3, 0.4) is 0 Å². The number of amides is 1. The molecule has 0 spiro atoms. The Morgan fingerprint density at radius 3 is 2.79 bits per heavy atom. The van der Waals surface area contributed by atoms with Gasteiger partial charge in [-0.2, -0.15) is 0 Å². The number of ether oxygens (including phenoxy) is 2. The van der Waals surface area contributed by atoms with E-state index in [4.69, 9.17) is 9.47 Å². The first-order valence-corrected chi connectivity index (χ1v) is 11.0. The largest absolute Gasteiger partial charge is 0.497 e. The van der Waals surface area contributed by atoms with Crippen molar-refractivity contribution >= 4 is 34.7 Å². The Morgan fingerprint density at radius 2 is 2.07 bits per heavy atom. The van der Waals surface area contributed by atoms with Gasteiger partial charge in [0.1, 0.15) is 11.5 Å². The molecule has 0 unspecified atom stereocenters. The molecule has 1 amide bonds. The van der Waals surface area contributed by atoms with Gasteiger partial charge in [0.15, 0.2) is 11.0 Å². The van der Waals surface area contributed by atoms with Crippen LogP contribution in [0.1, 0.15) is 18.2 Å². The molecule has 0 bridgehead atoms. The van der Waals surface area contributed by atoms with Crippen molar-refractivity contribution in [3.05, 3.63) is 34.5 Å². The number of nitrogens with zero attached hydrogens (tertiary/aromatic N) is 3. The van der Waals surface area contributed by atoms with Crippen LogP contribution in [0.25, 0.3) is 11.4 Å². The van der Waals surface area contributed by atoms with Crippen molar-refractivity contribution in [1.29, 1.82) is 0 Å². The summed E-state index contributed by atoms with van der Waals surface area (Å²) in [6.45, 7) is 2.17. The van der Waals surface area contributed by atoms with Gasteiger partial charge in [0.05, 0.1) is 25.7 Å². The highest BCUT2D eigenvalue weighted by molar-refractivity contribution is 7.99. The van der Waals surface area contributed by atoms with Gasteiger partial charge in [-0.15, -0.1) is 21.5 Å². The van der Waals surface area contributed by atoms with E-state index < -0.39 is 0 Å². The lowest BCUT2D eigenvalue weighted by Crippen LogP contribution is -2.15. The zero-order chi connectivity index (χ0) is 20.8. The second-order valence-corrected chi connectivity index (χ2v) is 8.26. The Labute approximate surface area is 178 Å². The fraction of sp³-hybridized carbons (Fsp3) is 0.350. The van der Waals surface area contributed by atoms with Crippen molar-refractivity contribution in [3.8, 4) is 22.9 Å². The van der Waals surface area contributed by atoms with Crippen molar-refractivity contribution < 1.29 is 14.3 Å². The molecule has 0 saturated carbocycles. The van der Waals surface area contributed by atoms with E-state index in [2.05, 4.69) is 33.9 Å². The Kier molecular flexibility index (Phi) is 7.16. The number of hydrogen-bond acceptors (Lipinski definition) is 7. The van der Waals surface area contributed by atoms with E-state index in [0.29, 0.717) is 22.3 Å². The normalized spacial score (nSPS) is 10.8. The molecule has 154 valence electrons. The van der Waals surface area contributed by atoms with E-state index in [1.54, 1.807) is 43.8 Å². The predicted molar refractivity (Wildman–Crippen MR) is 117 cm³/mol. The third kappa shape index (κ3) is 5.10. The van der Waals surface area contributed by atoms with Gasteiger partial charge in [-0.25, -0.2) is 0 Å². The molecule has 0 aliphatic heterocycles. The lowest BCUT2D eigenvalue weighted by Gasteiger charge is -2.11. The van der Waals surface area contributed by atoms with Crippen LogP contribution in [0.5, 0.6) is 11.5 Å². The monoisotopic (exact) mass is 432 g/mol. The number of thiophene rings is 1. The molecule has 0 aliphatic rings. The summed E-state index contributed by atoms with van der Waals surface area (Å²) in [6, 6.07) is 7.42. The topological polar surface area (TPSA) is 78.3 Å². The van der Waals surface area contributed by atoms with Crippen molar-refractivity contribution in [1.82, 2.24) is 14.8 Å². The van der Waals surface area contributed by atoms with Crippen molar-refractivity contribution in [2.24, 2.45) is 7.05 Å². The number of nitrogens with one attached hydrogen (secondary N) is 1. The maximum atomic E-state index is 12.4. The second kappa shape index (κ2) is 9.80. The molecule has 2 heterocycles. The number of carbonyl (C=O) groups is 1. The summed E-state index contributed by atoms with van der Waals surface area (Å²) in [4.78, 5) is 13.7. The maximum Gasteiger partial charge on any atom is 0.234 e. The van der Waals surface area contributed by atoms with Crippen molar-refractivity contribution in [2.75, 3.05) is 25.3 Å². The van der Waals surface area contributed by atoms with Gasteiger partial charge in [-0.1, -0.05) is 25.1 Å². The first-order chi connectivity index (χ1) is 14.0. The van der Waals surface area contributed by atoms with Crippen molar-refractivity contribution in [2.45, 2.75) is 24.9 Å². The van der Waals surface area contributed by atoms with E-state index in [1.807, 2.05) is 11.6 Å². The quantitative estimate of drug-likeness (QED) is 0.510. The van der Waals surface area contributed by atoms with Crippen LogP contribution in [0.2, 0.25) is 0 Å². The summed E-state index contributed by atoms with van der Waals surface area (Å²) in [5, 5.41) is 14.2. The fourth-order valence-electron chi connectivity index (χ4n) is 2.79. The molecule has 0 atom stereocenters. The molecule has 7 nitrogen and oxygen atoms in total. The van der Waals surface area contributed by atoms with Gasteiger partial charge in [0.2, 0.25) is 5.91 Å². The molecule has 3 rings (SSSR count). The van der Waals surface area contributed by atoms with E-state index in [0.717, 1.165) is 24.2 Å². The van der Waals surface area contributed by atoms with Gasteiger partial charge < -0.3 is 19.4 Å². The standard InChI is InChI=1S/C20H24N4O3S2/c1-5-6-15-9-13(11-28-15)19-22-23-20(24(19)2)29-12-18(25)21-16-8-7-14(26-3)10-17(16)27-4/h7-11H,5-6,12H2,1-4H3,(H,21,25). The second-order valence-electron chi connectivity index (χ2n) is 6.32. The Balaban J connectivity index is 1.63. The number of aromatic nitrogens is 3. The Hall–Kier alpha value is -2.52. The highest BCUT2D eigenvalue weighted by Gasteiger charge is 2.15. The molecule has 0 fully saturated rings. The number of hydrogen-bond donors (Lipinski definition) is 1. The van der Waals surface area contributed by atoms with E-state index in [-0.39, 0.29) is 11.7 Å². The molecular formula is C20H24N4O3S2. The predicted octanol–water partition coefficient (Wildman–Crippen LogP) is 4.24. The minimum absolute atomic E-state index is 0.149. The summed E-state index contributed by atoms with van der Waals surface area (Å²) in [6.07, 6.45) is 2.19. The van der Waals surface area contributed by atoms with Gasteiger partial charge in [-0.3, -0.25) is 4.79 Å². The van der Waals surface area contributed by atoms with Crippen LogP contribution in [-0.2, 0) is 18.3 Å². The van der Waals surface area contributed by atoms with Gasteiger partial charge in [-0.05, 0) is 24.6 Å². The summed E-state index contributed by atoms with van der Waals surface area (Å²) in [7, 11) is 5.05. The fourth-order valence-corrected chi connectivity index (χ4v) is 4.47. The maximum absolute atomic E-state index is 12.4. The summed E-state index contributed by atoms with van der Waals surface area (Å²) in [5.41, 5.74) is 1.66. The molecular weight excluding hydrogens is 408 g/mol. The summed E-state index contributed by atoms with van der Waals surface area (Å²) < 4.78 is 12.4. The average Bonchev–Trinajstić information content (AvgIpc) is 3.33. The molecule has 1 aromatic carbocycles. The SMILES string of the molecule is CCCc1cc(-c2nnc(SCC(=O)Nc3ccc(OC)cc3OC)n2C)cs1. The minimum atomic E-state index is -0.149. The molecule has 0 radical (unpaired) electrons. The van der Waals surface area contributed by atoms with E-state index in [1.165, 1.54) is 16.6 Å². The highest BCUT2D eigenvalue weighted by Crippen LogP contribution is 2.30. The lowest BCUT2D eigenvalue weighted by molar-refractivity contribution is -0.113. The molecule has 9 heteroatoms. The Morgan fingerprint density at radius 1 is 1.24 bits per heavy atom. The molecule has 0 saturated heterocycles. The van der Waals surface area contributed by atoms with Crippen LogP contribution in [0.4, 0.5) is 5.69 Å². The van der Waals surface area contributed by atoms with Crippen LogP contribution in [0, 0.1) is 0 Å². The highest BCUT2D eigenvalue weighted by atomic mass is 32.2. The number of anilines is 1. The molecule has 0 aliphatic carbocycles. The number of thioether (sulfide) groups is 1. The number of rotatable bonds is 9. The van der Waals surface area contributed by atoms with Crippen LogP contribution < -0.4 is 14.8 Å². The van der Waals surface area contributed by atoms with Crippen LogP contribution >= 0.6 is 23.1 Å². The van der Waals surface area contributed by atoms with E-state index in [9.17, 15) is 4.79 Å². The summed E-state index contributed by atoms with van der Waals surface area (Å²) in [5.74, 6) is 2.08. The number of benzene rings is 1. The van der Waals surface area contributed by atoms with Gasteiger partial charge in [0.25, 0.3) is 0 Å². The van der Waals surface area contributed by atoms with Gasteiger partial charge in [0, 0.05) is 28.9 Å². The minimum Gasteiger partial charge on any atom is -0.497 e. The molecule has 2 aromatic heterocycles.